The van der Waals surface area contributed by atoms with Crippen LogP contribution in [0.15, 0.2) is 43.0 Å². The first kappa shape index (κ1) is 22.3. The molecule has 0 fully saturated rings. The molecule has 0 N–H and O–H groups in total. The van der Waals surface area contributed by atoms with Gasteiger partial charge < -0.3 is 0 Å². The first-order chi connectivity index (χ1) is 14.5. The standard InChI is InChI=1S/C30H38/c1-8-20(6)29-18-22(13-14-23(29)9-2)17-25-15-16-26-19-24(10-3)27(11-4)28(12-5)30(26)21(25)7/h13-14,17-19H,6-12,15-16H2,1-5H3. The van der Waals surface area contributed by atoms with E-state index in [4.69, 9.17) is 0 Å². The fourth-order valence-corrected chi connectivity index (χ4v) is 5.08. The van der Waals surface area contributed by atoms with E-state index >= 15 is 0 Å². The highest BCUT2D eigenvalue weighted by Gasteiger charge is 2.23. The Bertz CT molecular complexity index is 997. The molecule has 0 heterocycles. The Balaban J connectivity index is 2.07. The van der Waals surface area contributed by atoms with Gasteiger partial charge in [0, 0.05) is 0 Å². The molecule has 2 aromatic rings. The molecule has 2 aromatic carbocycles. The van der Waals surface area contributed by atoms with Crippen LogP contribution in [-0.2, 0) is 32.1 Å². The van der Waals surface area contributed by atoms with Crippen LogP contribution >= 0.6 is 0 Å². The summed E-state index contributed by atoms with van der Waals surface area (Å²) in [4.78, 5) is 0. The highest BCUT2D eigenvalue weighted by molar-refractivity contribution is 5.88. The van der Waals surface area contributed by atoms with Gasteiger partial charge in [0.05, 0.1) is 0 Å². The summed E-state index contributed by atoms with van der Waals surface area (Å²) in [6.45, 7) is 20.2. The van der Waals surface area contributed by atoms with Gasteiger partial charge in [0.15, 0.2) is 0 Å². The number of hydrogen-bond acceptors (Lipinski definition) is 0. The van der Waals surface area contributed by atoms with Crippen LogP contribution in [-0.4, -0.2) is 0 Å². The number of benzene rings is 2. The van der Waals surface area contributed by atoms with Crippen molar-refractivity contribution in [3.63, 3.8) is 0 Å². The van der Waals surface area contributed by atoms with Crippen molar-refractivity contribution in [2.75, 3.05) is 0 Å². The smallest absolute Gasteiger partial charge is 0.0120 e. The maximum absolute atomic E-state index is 4.59. The lowest BCUT2D eigenvalue weighted by atomic mass is 9.77. The molecule has 3 rings (SSSR count). The Hall–Kier alpha value is -2.34. The molecule has 0 saturated heterocycles. The summed E-state index contributed by atoms with van der Waals surface area (Å²) in [6, 6.07) is 9.34. The Morgan fingerprint density at radius 2 is 1.57 bits per heavy atom. The van der Waals surface area contributed by atoms with Crippen molar-refractivity contribution >= 4 is 17.2 Å². The second-order valence-corrected chi connectivity index (χ2v) is 8.46. The molecule has 1 aliphatic rings. The van der Waals surface area contributed by atoms with E-state index in [-0.39, 0.29) is 0 Å². The first-order valence-electron chi connectivity index (χ1n) is 11.9. The highest BCUT2D eigenvalue weighted by Crippen LogP contribution is 2.40. The summed E-state index contributed by atoms with van der Waals surface area (Å²) in [7, 11) is 0. The lowest BCUT2D eigenvalue weighted by Gasteiger charge is -2.28. The molecule has 0 heteroatoms. The lowest BCUT2D eigenvalue weighted by Crippen LogP contribution is -2.12. The molecular weight excluding hydrogens is 360 g/mol. The van der Waals surface area contributed by atoms with Crippen molar-refractivity contribution in [2.24, 2.45) is 0 Å². The molecule has 0 unspecified atom stereocenters. The van der Waals surface area contributed by atoms with E-state index in [9.17, 15) is 0 Å². The zero-order valence-corrected chi connectivity index (χ0v) is 19.8. The van der Waals surface area contributed by atoms with Gasteiger partial charge in [-0.25, -0.2) is 0 Å². The van der Waals surface area contributed by atoms with Crippen LogP contribution in [0, 0.1) is 0 Å². The van der Waals surface area contributed by atoms with Gasteiger partial charge in [-0.2, -0.15) is 0 Å². The van der Waals surface area contributed by atoms with Gasteiger partial charge >= 0.3 is 0 Å². The van der Waals surface area contributed by atoms with Crippen LogP contribution in [0.1, 0.15) is 92.0 Å². The molecule has 0 saturated carbocycles. The van der Waals surface area contributed by atoms with E-state index in [2.05, 4.69) is 78.1 Å². The fourth-order valence-electron chi connectivity index (χ4n) is 5.08. The van der Waals surface area contributed by atoms with E-state index in [1.165, 1.54) is 55.7 Å². The molecule has 0 amide bonds. The Labute approximate surface area is 184 Å². The summed E-state index contributed by atoms with van der Waals surface area (Å²) in [5.74, 6) is 0. The van der Waals surface area contributed by atoms with Crippen molar-refractivity contribution in [3.8, 4) is 0 Å². The maximum atomic E-state index is 4.59. The molecule has 0 aromatic heterocycles. The van der Waals surface area contributed by atoms with E-state index in [0.29, 0.717) is 0 Å². The molecule has 158 valence electrons. The van der Waals surface area contributed by atoms with E-state index < -0.39 is 0 Å². The van der Waals surface area contributed by atoms with E-state index in [1.807, 2.05) is 0 Å². The Morgan fingerprint density at radius 3 is 2.17 bits per heavy atom. The average molecular weight is 399 g/mol. The van der Waals surface area contributed by atoms with Gasteiger partial charge in [-0.1, -0.05) is 72.1 Å². The van der Waals surface area contributed by atoms with Crippen molar-refractivity contribution in [3.05, 3.63) is 87.5 Å². The zero-order chi connectivity index (χ0) is 21.8. The summed E-state index contributed by atoms with van der Waals surface area (Å²) in [6.07, 6.45) is 9.90. The number of hydrogen-bond donors (Lipinski definition) is 0. The highest BCUT2D eigenvalue weighted by atomic mass is 14.3. The van der Waals surface area contributed by atoms with Crippen molar-refractivity contribution < 1.29 is 0 Å². The minimum atomic E-state index is 0.993. The van der Waals surface area contributed by atoms with Crippen molar-refractivity contribution in [1.82, 2.24) is 0 Å². The fraction of sp³-hybridized carbons (Fsp3) is 0.400. The number of allylic oxidation sites excluding steroid dienone is 3. The van der Waals surface area contributed by atoms with Crippen molar-refractivity contribution in [1.29, 1.82) is 0 Å². The number of rotatable bonds is 7. The molecule has 30 heavy (non-hydrogen) atoms. The van der Waals surface area contributed by atoms with Crippen LogP contribution in [0.5, 0.6) is 0 Å². The number of aryl methyl sites for hydroxylation is 3. The average Bonchev–Trinajstić information content (AvgIpc) is 2.78. The van der Waals surface area contributed by atoms with Gasteiger partial charge in [0.25, 0.3) is 0 Å². The van der Waals surface area contributed by atoms with Crippen molar-refractivity contribution in [2.45, 2.75) is 79.6 Å². The van der Waals surface area contributed by atoms with Crippen LogP contribution in [0.25, 0.3) is 17.2 Å². The minimum Gasteiger partial charge on any atom is -0.0952 e. The van der Waals surface area contributed by atoms with Gasteiger partial charge in [0.2, 0.25) is 0 Å². The second kappa shape index (κ2) is 9.65. The van der Waals surface area contributed by atoms with Gasteiger partial charge in [-0.15, -0.1) is 0 Å². The Kier molecular flexibility index (Phi) is 7.19. The predicted molar refractivity (Wildman–Crippen MR) is 135 cm³/mol. The van der Waals surface area contributed by atoms with Crippen LogP contribution in [0.4, 0.5) is 0 Å². The second-order valence-electron chi connectivity index (χ2n) is 8.46. The summed E-state index contributed by atoms with van der Waals surface area (Å²) >= 11 is 0. The third-order valence-electron chi connectivity index (χ3n) is 6.83. The quantitative estimate of drug-likeness (QED) is 0.439. The third-order valence-corrected chi connectivity index (χ3v) is 6.83. The molecule has 0 aliphatic heterocycles. The normalized spacial score (nSPS) is 14.8. The van der Waals surface area contributed by atoms with E-state index in [0.717, 1.165) is 44.9 Å². The molecule has 0 spiro atoms. The molecule has 0 bridgehead atoms. The summed E-state index contributed by atoms with van der Waals surface area (Å²) in [5, 5.41) is 0. The molecule has 1 aliphatic carbocycles. The molecule has 0 atom stereocenters. The zero-order valence-electron chi connectivity index (χ0n) is 19.8. The third kappa shape index (κ3) is 4.10. The molecule has 0 nitrogen and oxygen atoms in total. The topological polar surface area (TPSA) is 0 Å². The SMILES string of the molecule is C=C(CC)c1cc(C=C2CCc3cc(CC)c(CC)c(CC)c3C2=C)ccc1CC. The van der Waals surface area contributed by atoms with E-state index in [1.54, 1.807) is 5.56 Å². The lowest BCUT2D eigenvalue weighted by molar-refractivity contribution is 0.900. The van der Waals surface area contributed by atoms with Gasteiger partial charge in [-0.05, 0) is 112 Å². The van der Waals surface area contributed by atoms with Crippen LogP contribution < -0.4 is 0 Å². The monoisotopic (exact) mass is 398 g/mol. The largest absolute Gasteiger partial charge is 0.0952 e. The molecule has 0 radical (unpaired) electrons. The minimum absolute atomic E-state index is 0.993. The summed E-state index contributed by atoms with van der Waals surface area (Å²) in [5.41, 5.74) is 15.4. The Morgan fingerprint density at radius 1 is 0.867 bits per heavy atom. The van der Waals surface area contributed by atoms with Gasteiger partial charge in [0.1, 0.15) is 0 Å². The van der Waals surface area contributed by atoms with Crippen LogP contribution in [0.2, 0.25) is 0 Å². The predicted octanol–water partition coefficient (Wildman–Crippen LogP) is 8.40. The maximum Gasteiger partial charge on any atom is -0.0120 e. The van der Waals surface area contributed by atoms with Gasteiger partial charge in [-0.3, -0.25) is 0 Å². The number of fused-ring (bicyclic) bond motifs is 1. The summed E-state index contributed by atoms with van der Waals surface area (Å²) < 4.78 is 0. The first-order valence-corrected chi connectivity index (χ1v) is 11.9. The van der Waals surface area contributed by atoms with Crippen LogP contribution in [0.3, 0.4) is 0 Å². The molecular formula is C30H38.